The molecule has 3 aromatic carbocycles. The third-order valence-electron chi connectivity index (χ3n) is 5.28. The molecule has 0 unspecified atom stereocenters. The molecule has 4 aromatic rings. The van der Waals surface area contributed by atoms with Gasteiger partial charge in [0, 0.05) is 11.3 Å². The molecular weight excluding hydrogens is 505 g/mol. The van der Waals surface area contributed by atoms with E-state index in [-0.39, 0.29) is 23.3 Å². The highest BCUT2D eigenvalue weighted by Crippen LogP contribution is 2.33. The highest BCUT2D eigenvalue weighted by molar-refractivity contribution is 6.32. The van der Waals surface area contributed by atoms with Gasteiger partial charge in [0.1, 0.15) is 5.38 Å². The van der Waals surface area contributed by atoms with Crippen molar-refractivity contribution < 1.29 is 22.7 Å². The third-order valence-corrected chi connectivity index (χ3v) is 5.73. The second kappa shape index (κ2) is 11.0. The average molecular weight is 529 g/mol. The molecule has 0 spiro atoms. The van der Waals surface area contributed by atoms with E-state index in [9.17, 15) is 18.0 Å². The Balaban J connectivity index is 1.62. The van der Waals surface area contributed by atoms with Gasteiger partial charge in [-0.2, -0.15) is 18.2 Å². The topological polar surface area (TPSA) is 69.0 Å². The Bertz CT molecular complexity index is 1360. The summed E-state index contributed by atoms with van der Waals surface area (Å²) in [5.41, 5.74) is 1.11. The van der Waals surface area contributed by atoms with Crippen LogP contribution in [0.3, 0.4) is 0 Å². The van der Waals surface area contributed by atoms with Crippen molar-refractivity contribution in [3.05, 3.63) is 90.0 Å². The maximum Gasteiger partial charge on any atom is 0.416 e. The van der Waals surface area contributed by atoms with Crippen molar-refractivity contribution in [1.29, 1.82) is 0 Å². The summed E-state index contributed by atoms with van der Waals surface area (Å²) in [4.78, 5) is 16.9. The highest BCUT2D eigenvalue weighted by atomic mass is 35.5. The van der Waals surface area contributed by atoms with Crippen molar-refractivity contribution in [2.45, 2.75) is 25.4 Å². The first-order valence-corrected chi connectivity index (χ1v) is 11.9. The van der Waals surface area contributed by atoms with Crippen LogP contribution in [-0.2, 0) is 11.0 Å². The smallest absolute Gasteiger partial charge is 0.416 e. The molecule has 1 atom stereocenters. The lowest BCUT2D eigenvalue weighted by Crippen LogP contribution is -2.17. The number of ether oxygens (including phenoxy) is 1. The summed E-state index contributed by atoms with van der Waals surface area (Å²) in [5.74, 6) is -0.00422. The Morgan fingerprint density at radius 1 is 1.03 bits per heavy atom. The van der Waals surface area contributed by atoms with Gasteiger partial charge in [-0.05, 0) is 47.9 Å². The zero-order valence-corrected chi connectivity index (χ0v) is 20.8. The second-order valence-electron chi connectivity index (χ2n) is 8.72. The van der Waals surface area contributed by atoms with Crippen LogP contribution in [0.2, 0.25) is 0 Å². The predicted molar refractivity (Wildman–Crippen MR) is 136 cm³/mol. The van der Waals surface area contributed by atoms with Crippen LogP contribution in [0.25, 0.3) is 17.1 Å². The summed E-state index contributed by atoms with van der Waals surface area (Å²) in [6.45, 7) is 4.26. The SMILES string of the molecule is CC(C)COc1nc(-c2cccc(C(F)(F)F)c2)n(-c2ccc(NC(=O)[C@H](Cl)c3ccccc3)cc2)n1. The maximum atomic E-state index is 13.3. The molecule has 1 heterocycles. The lowest BCUT2D eigenvalue weighted by molar-refractivity contribution is -0.137. The van der Waals surface area contributed by atoms with Crippen molar-refractivity contribution in [1.82, 2.24) is 14.8 Å². The van der Waals surface area contributed by atoms with Gasteiger partial charge in [-0.1, -0.05) is 56.3 Å². The number of anilines is 1. The molecule has 6 nitrogen and oxygen atoms in total. The van der Waals surface area contributed by atoms with Gasteiger partial charge in [0.05, 0.1) is 17.9 Å². The Kier molecular flexibility index (Phi) is 7.83. The second-order valence-corrected chi connectivity index (χ2v) is 9.16. The third kappa shape index (κ3) is 6.48. The number of nitrogens with zero attached hydrogens (tertiary/aromatic N) is 3. The molecule has 1 aromatic heterocycles. The zero-order chi connectivity index (χ0) is 26.6. The molecule has 0 radical (unpaired) electrons. The number of alkyl halides is 4. The van der Waals surface area contributed by atoms with Gasteiger partial charge in [-0.15, -0.1) is 16.7 Å². The first-order valence-electron chi connectivity index (χ1n) is 11.5. The van der Waals surface area contributed by atoms with Crippen molar-refractivity contribution >= 4 is 23.2 Å². The van der Waals surface area contributed by atoms with Crippen LogP contribution in [0.1, 0.15) is 30.4 Å². The molecule has 0 bridgehead atoms. The van der Waals surface area contributed by atoms with Crippen LogP contribution in [-0.4, -0.2) is 27.3 Å². The minimum absolute atomic E-state index is 0.0475. The predicted octanol–water partition coefficient (Wildman–Crippen LogP) is 6.91. The van der Waals surface area contributed by atoms with E-state index in [1.54, 1.807) is 48.5 Å². The monoisotopic (exact) mass is 528 g/mol. The summed E-state index contributed by atoms with van der Waals surface area (Å²) in [7, 11) is 0. The van der Waals surface area contributed by atoms with Crippen molar-refractivity contribution in [2.24, 2.45) is 5.92 Å². The molecule has 0 aliphatic rings. The zero-order valence-electron chi connectivity index (χ0n) is 20.0. The summed E-state index contributed by atoms with van der Waals surface area (Å²) in [6, 6.07) is 20.5. The maximum absolute atomic E-state index is 13.3. The standard InChI is InChI=1S/C27H24ClF3N4O2/c1-17(2)16-37-26-33-24(19-9-6-10-20(15-19)27(29,30)31)35(34-26)22-13-11-21(12-14-22)32-25(36)23(28)18-7-4-3-5-8-18/h3-15,17,23H,16H2,1-2H3,(H,32,36)/t23-/m1/s1. The lowest BCUT2D eigenvalue weighted by atomic mass is 10.1. The Morgan fingerprint density at radius 3 is 2.38 bits per heavy atom. The number of carbonyl (C=O) groups excluding carboxylic acids is 1. The van der Waals surface area contributed by atoms with Crippen molar-refractivity contribution in [3.8, 4) is 23.1 Å². The number of benzene rings is 3. The van der Waals surface area contributed by atoms with Crippen LogP contribution in [0.15, 0.2) is 78.9 Å². The first kappa shape index (κ1) is 26.2. The van der Waals surface area contributed by atoms with E-state index in [0.717, 1.165) is 12.1 Å². The number of hydrogen-bond acceptors (Lipinski definition) is 4. The normalized spacial score (nSPS) is 12.4. The number of rotatable bonds is 8. The van der Waals surface area contributed by atoms with E-state index in [4.69, 9.17) is 16.3 Å². The van der Waals surface area contributed by atoms with E-state index < -0.39 is 23.0 Å². The Morgan fingerprint density at radius 2 is 1.73 bits per heavy atom. The van der Waals surface area contributed by atoms with E-state index in [2.05, 4.69) is 15.4 Å². The van der Waals surface area contributed by atoms with Crippen LogP contribution in [0.5, 0.6) is 6.01 Å². The molecule has 0 saturated carbocycles. The Hall–Kier alpha value is -3.85. The van der Waals surface area contributed by atoms with Crippen LogP contribution in [0.4, 0.5) is 18.9 Å². The fourth-order valence-electron chi connectivity index (χ4n) is 3.46. The number of amides is 1. The van der Waals surface area contributed by atoms with Crippen molar-refractivity contribution in [2.75, 3.05) is 11.9 Å². The number of carbonyl (C=O) groups is 1. The molecule has 10 heteroatoms. The molecule has 192 valence electrons. The molecule has 0 saturated heterocycles. The minimum atomic E-state index is -4.50. The number of hydrogen-bond donors (Lipinski definition) is 1. The lowest BCUT2D eigenvalue weighted by Gasteiger charge is -2.12. The van der Waals surface area contributed by atoms with E-state index in [1.807, 2.05) is 19.9 Å². The van der Waals surface area contributed by atoms with E-state index >= 15 is 0 Å². The van der Waals surface area contributed by atoms with Gasteiger partial charge < -0.3 is 10.1 Å². The first-order chi connectivity index (χ1) is 17.6. The molecule has 1 N–H and O–H groups in total. The average Bonchev–Trinajstić information content (AvgIpc) is 3.32. The largest absolute Gasteiger partial charge is 0.462 e. The highest BCUT2D eigenvalue weighted by Gasteiger charge is 2.31. The summed E-state index contributed by atoms with van der Waals surface area (Å²) in [6.07, 6.45) is -4.50. The van der Waals surface area contributed by atoms with Crippen LogP contribution >= 0.6 is 11.6 Å². The summed E-state index contributed by atoms with van der Waals surface area (Å²) in [5, 5.41) is 6.26. The van der Waals surface area contributed by atoms with Gasteiger partial charge in [-0.3, -0.25) is 4.79 Å². The molecular formula is C27H24ClF3N4O2. The van der Waals surface area contributed by atoms with E-state index in [0.29, 0.717) is 23.5 Å². The molecule has 4 rings (SSSR count). The van der Waals surface area contributed by atoms with Crippen LogP contribution < -0.4 is 10.1 Å². The molecule has 1 amide bonds. The summed E-state index contributed by atoms with van der Waals surface area (Å²) >= 11 is 6.29. The molecule has 0 fully saturated rings. The Labute approximate surface area is 217 Å². The number of halogens is 4. The quantitative estimate of drug-likeness (QED) is 0.252. The molecule has 37 heavy (non-hydrogen) atoms. The van der Waals surface area contributed by atoms with Crippen LogP contribution in [0, 0.1) is 5.92 Å². The van der Waals surface area contributed by atoms with E-state index in [1.165, 1.54) is 16.8 Å². The van der Waals surface area contributed by atoms with Gasteiger partial charge in [0.15, 0.2) is 5.82 Å². The number of aromatic nitrogens is 3. The number of nitrogens with one attached hydrogen (secondary N) is 1. The summed E-state index contributed by atoms with van der Waals surface area (Å²) < 4.78 is 47.0. The van der Waals surface area contributed by atoms with Crippen molar-refractivity contribution in [3.63, 3.8) is 0 Å². The molecule has 0 aliphatic heterocycles. The minimum Gasteiger partial charge on any atom is -0.462 e. The molecule has 0 aliphatic carbocycles. The fraction of sp³-hybridized carbons (Fsp3) is 0.222. The fourth-order valence-corrected chi connectivity index (χ4v) is 3.66. The van der Waals surface area contributed by atoms with Gasteiger partial charge >= 0.3 is 12.2 Å². The van der Waals surface area contributed by atoms with Gasteiger partial charge in [-0.25, -0.2) is 4.68 Å². The van der Waals surface area contributed by atoms with Gasteiger partial charge in [0.25, 0.3) is 0 Å². The van der Waals surface area contributed by atoms with Gasteiger partial charge in [0.2, 0.25) is 5.91 Å².